The van der Waals surface area contributed by atoms with Gasteiger partial charge in [-0.3, -0.25) is 0 Å². The topological polar surface area (TPSA) is 271 Å². The third-order valence-electron chi connectivity index (χ3n) is 7.35. The van der Waals surface area contributed by atoms with Crippen LogP contribution in [0.15, 0.2) is 34.7 Å². The minimum Gasteiger partial charge on any atom is -0.504 e. The highest BCUT2D eigenvalue weighted by Crippen LogP contribution is 2.46. The molecule has 3 heterocycles. The third-order valence-corrected chi connectivity index (χ3v) is 7.35. The van der Waals surface area contributed by atoms with Gasteiger partial charge in [0.25, 0.3) is 0 Å². The fraction of sp³-hybridized carbons (Fsp3) is 0.444. The first kappa shape index (κ1) is 30.7. The summed E-state index contributed by atoms with van der Waals surface area (Å²) in [7, 11) is 0. The normalized spacial score (nSPS) is 33.0. The van der Waals surface area contributed by atoms with E-state index in [1.165, 1.54) is 13.0 Å². The molecule has 0 bridgehead atoms. The zero-order valence-corrected chi connectivity index (χ0v) is 22.3. The van der Waals surface area contributed by atoms with Crippen LogP contribution in [0.25, 0.3) is 22.3 Å². The Bertz CT molecular complexity index is 1480. The highest BCUT2D eigenvalue weighted by atomic mass is 16.7. The van der Waals surface area contributed by atoms with E-state index in [1.807, 2.05) is 0 Å². The van der Waals surface area contributed by atoms with Crippen molar-refractivity contribution in [3.05, 3.63) is 30.3 Å². The molecule has 2 aromatic carbocycles. The Morgan fingerprint density at radius 1 is 0.698 bits per heavy atom. The lowest BCUT2D eigenvalue weighted by Crippen LogP contribution is -2.61. The number of benzene rings is 2. The van der Waals surface area contributed by atoms with Gasteiger partial charge in [-0.15, -0.1) is 0 Å². The predicted octanol–water partition coefficient (Wildman–Crippen LogP) is -1.06. The number of fused-ring (bicyclic) bond motifs is 1. The van der Waals surface area contributed by atoms with Crippen LogP contribution in [0.5, 0.6) is 34.5 Å². The monoisotopic (exact) mass is 611 g/mol. The Labute approximate surface area is 242 Å². The molecule has 5 rings (SSSR count). The van der Waals surface area contributed by atoms with E-state index in [0.717, 1.165) is 24.3 Å². The average molecular weight is 612 g/mol. The molecule has 5 unspecified atom stereocenters. The summed E-state index contributed by atoms with van der Waals surface area (Å²) in [6, 6.07) is 5.70. The second-order valence-electron chi connectivity index (χ2n) is 10.3. The second-order valence-corrected chi connectivity index (χ2v) is 10.3. The van der Waals surface area contributed by atoms with E-state index < -0.39 is 96.8 Å². The van der Waals surface area contributed by atoms with Crippen molar-refractivity contribution in [2.24, 2.45) is 0 Å². The third kappa shape index (κ3) is 5.67. The molecule has 11 N–H and O–H groups in total. The van der Waals surface area contributed by atoms with E-state index in [-0.39, 0.29) is 28.0 Å². The SMILES string of the molecule is CC1O[C@@H](OCC2O[C@@H](Oc3cc4c(O)c(O)c(O)cc4[o+]c3-c3ccc(O)c(O)c3)C(O)C(O)[C@@H]2O)C(O)[C@@H](O)[C@H]1O. The Balaban J connectivity index is 1.46. The number of hydrogen-bond donors (Lipinski definition) is 11. The molecule has 0 amide bonds. The van der Waals surface area contributed by atoms with Gasteiger partial charge >= 0.3 is 11.3 Å². The Kier molecular flexibility index (Phi) is 8.41. The lowest BCUT2D eigenvalue weighted by Gasteiger charge is -2.42. The lowest BCUT2D eigenvalue weighted by molar-refractivity contribution is -0.318. The number of hydrogen-bond acceptors (Lipinski definition) is 15. The van der Waals surface area contributed by atoms with Gasteiger partial charge in [-0.05, 0) is 19.1 Å². The molecule has 16 heteroatoms. The van der Waals surface area contributed by atoms with Crippen molar-refractivity contribution >= 4 is 11.0 Å². The van der Waals surface area contributed by atoms with Crippen molar-refractivity contribution in [1.82, 2.24) is 0 Å². The van der Waals surface area contributed by atoms with Crippen LogP contribution in [0.1, 0.15) is 6.92 Å². The Hall–Kier alpha value is -3.71. The summed E-state index contributed by atoms with van der Waals surface area (Å²) in [5.41, 5.74) is -0.0505. The summed E-state index contributed by atoms with van der Waals surface area (Å²) < 4.78 is 28.1. The van der Waals surface area contributed by atoms with Crippen LogP contribution in [-0.4, -0.2) is 124 Å². The van der Waals surface area contributed by atoms with Gasteiger partial charge < -0.3 is 75.1 Å². The summed E-state index contributed by atoms with van der Waals surface area (Å²) in [6.07, 6.45) is -15.6. The second kappa shape index (κ2) is 11.8. The number of rotatable bonds is 6. The number of aromatic hydroxyl groups is 5. The lowest BCUT2D eigenvalue weighted by atomic mass is 9.98. The molecule has 0 spiro atoms. The fourth-order valence-electron chi connectivity index (χ4n) is 4.79. The molecule has 2 fully saturated rings. The summed E-state index contributed by atoms with van der Waals surface area (Å²) >= 11 is 0. The summed E-state index contributed by atoms with van der Waals surface area (Å²) in [5.74, 6) is -3.84. The number of aliphatic hydroxyl groups is 6. The van der Waals surface area contributed by atoms with Gasteiger partial charge in [-0.1, -0.05) is 0 Å². The van der Waals surface area contributed by atoms with Crippen LogP contribution in [0.2, 0.25) is 0 Å². The minimum atomic E-state index is -1.88. The zero-order chi connectivity index (χ0) is 31.3. The maximum atomic E-state index is 10.7. The van der Waals surface area contributed by atoms with Crippen molar-refractivity contribution in [3.8, 4) is 45.8 Å². The Morgan fingerprint density at radius 3 is 2.07 bits per heavy atom. The molecule has 234 valence electrons. The van der Waals surface area contributed by atoms with Crippen LogP contribution in [-0.2, 0) is 14.2 Å². The maximum Gasteiger partial charge on any atom is 0.402 e. The van der Waals surface area contributed by atoms with Crippen LogP contribution in [0.3, 0.4) is 0 Å². The molecule has 0 radical (unpaired) electrons. The van der Waals surface area contributed by atoms with Gasteiger partial charge in [0.15, 0.2) is 29.3 Å². The molecule has 2 saturated heterocycles. The smallest absolute Gasteiger partial charge is 0.402 e. The molecule has 1 aromatic heterocycles. The van der Waals surface area contributed by atoms with Gasteiger partial charge in [0, 0.05) is 12.1 Å². The van der Waals surface area contributed by atoms with Crippen LogP contribution in [0.4, 0.5) is 0 Å². The highest BCUT2D eigenvalue weighted by molar-refractivity contribution is 5.91. The van der Waals surface area contributed by atoms with Gasteiger partial charge in [0.05, 0.1) is 24.3 Å². The molecule has 10 atom stereocenters. The molecule has 16 nitrogen and oxygen atoms in total. The number of ether oxygens (including phenoxy) is 4. The largest absolute Gasteiger partial charge is 0.504 e. The summed E-state index contributed by atoms with van der Waals surface area (Å²) in [6.45, 7) is 0.877. The first-order valence-corrected chi connectivity index (χ1v) is 13.0. The van der Waals surface area contributed by atoms with Crippen LogP contribution >= 0.6 is 0 Å². The van der Waals surface area contributed by atoms with Crippen molar-refractivity contribution in [2.45, 2.75) is 68.3 Å². The van der Waals surface area contributed by atoms with Gasteiger partial charge in [0.2, 0.25) is 17.8 Å². The zero-order valence-electron chi connectivity index (χ0n) is 22.3. The molecule has 0 aliphatic carbocycles. The first-order valence-electron chi connectivity index (χ1n) is 13.0. The molecule has 43 heavy (non-hydrogen) atoms. The van der Waals surface area contributed by atoms with Crippen molar-refractivity contribution in [1.29, 1.82) is 0 Å². The average Bonchev–Trinajstić information content (AvgIpc) is 2.98. The number of aliphatic hydroxyl groups excluding tert-OH is 6. The maximum absolute atomic E-state index is 10.7. The molecule has 3 aromatic rings. The molecule has 2 aliphatic rings. The van der Waals surface area contributed by atoms with Gasteiger partial charge in [-0.2, -0.15) is 0 Å². The van der Waals surface area contributed by atoms with Crippen LogP contribution in [0, 0.1) is 0 Å². The van der Waals surface area contributed by atoms with Crippen molar-refractivity contribution in [3.63, 3.8) is 0 Å². The van der Waals surface area contributed by atoms with E-state index in [4.69, 9.17) is 23.4 Å². The summed E-state index contributed by atoms with van der Waals surface area (Å²) in [5, 5.41) is 112. The molecular formula is C27H31O16+. The highest BCUT2D eigenvalue weighted by Gasteiger charge is 2.48. The fourth-order valence-corrected chi connectivity index (χ4v) is 4.79. The van der Waals surface area contributed by atoms with Gasteiger partial charge in [-0.25, -0.2) is 4.42 Å². The van der Waals surface area contributed by atoms with Gasteiger partial charge in [0.1, 0.15) is 48.1 Å². The van der Waals surface area contributed by atoms with E-state index >= 15 is 0 Å². The molecular weight excluding hydrogens is 580 g/mol. The number of phenolic OH excluding ortho intramolecular Hbond substituents is 5. The molecule has 2 aliphatic heterocycles. The Morgan fingerprint density at radius 2 is 1.37 bits per heavy atom. The quantitative estimate of drug-likeness (QED) is 0.117. The molecule has 0 saturated carbocycles. The first-order chi connectivity index (χ1) is 20.3. The van der Waals surface area contributed by atoms with E-state index in [0.29, 0.717) is 0 Å². The predicted molar refractivity (Wildman–Crippen MR) is 140 cm³/mol. The van der Waals surface area contributed by atoms with E-state index in [9.17, 15) is 56.2 Å². The van der Waals surface area contributed by atoms with E-state index in [1.54, 1.807) is 0 Å². The van der Waals surface area contributed by atoms with Crippen molar-refractivity contribution < 1.29 is 79.5 Å². The minimum absolute atomic E-state index is 0.100. The van der Waals surface area contributed by atoms with E-state index in [2.05, 4.69) is 0 Å². The number of phenols is 5. The van der Waals surface area contributed by atoms with Crippen LogP contribution < -0.4 is 4.74 Å². The van der Waals surface area contributed by atoms with Crippen molar-refractivity contribution in [2.75, 3.05) is 6.61 Å². The standard InChI is InChI=1S/C27H30O16/c1-8-17(31)21(35)23(37)26(40-8)39-7-16-20(34)22(36)24(38)27(43-16)42-15-5-10-14(6-13(30)19(33)18(10)32)41-25(15)9-2-3-11(28)12(29)4-9/h2-6,8,16-17,20-24,26-27,31,34-38H,7H2,1H3,(H4-,28,29,30,32,33)/p+1/t8?,16?,17-,20+,21-,22?,23?,24?,26+,27+/m0/s1. The summed E-state index contributed by atoms with van der Waals surface area (Å²) in [4.78, 5) is 0.